The number of fused-ring (bicyclic) bond motifs is 1. The molecule has 0 fully saturated rings. The summed E-state index contributed by atoms with van der Waals surface area (Å²) in [5.74, 6) is 2.37. The molecule has 2 aromatic rings. The number of ether oxygens (including phenoxy) is 2. The van der Waals surface area contributed by atoms with Crippen LogP contribution in [0.15, 0.2) is 45.8 Å². The van der Waals surface area contributed by atoms with E-state index in [2.05, 4.69) is 33.0 Å². The molecule has 2 aliphatic heterocycles. The van der Waals surface area contributed by atoms with Gasteiger partial charge >= 0.3 is 0 Å². The van der Waals surface area contributed by atoms with Crippen molar-refractivity contribution in [3.05, 3.63) is 46.2 Å². The number of thioether (sulfide) groups is 1. The Balaban J connectivity index is 1.38. The average Bonchev–Trinajstić information content (AvgIpc) is 3.26. The third-order valence-electron chi connectivity index (χ3n) is 3.53. The summed E-state index contributed by atoms with van der Waals surface area (Å²) in [7, 11) is 0. The zero-order valence-electron chi connectivity index (χ0n) is 12.3. The Bertz CT molecular complexity index is 757. The van der Waals surface area contributed by atoms with E-state index < -0.39 is 0 Å². The molecule has 4 rings (SSSR count). The maximum Gasteiger partial charge on any atom is 0.231 e. The summed E-state index contributed by atoms with van der Waals surface area (Å²) in [6.45, 7) is 1.07. The minimum Gasteiger partial charge on any atom is -0.454 e. The van der Waals surface area contributed by atoms with Crippen molar-refractivity contribution in [2.24, 2.45) is 10.1 Å². The summed E-state index contributed by atoms with van der Waals surface area (Å²) in [5, 5.41) is 7.42. The second kappa shape index (κ2) is 6.64. The molecule has 7 heteroatoms. The molecular weight excluding hydrogens is 330 g/mol. The molecule has 3 heterocycles. The van der Waals surface area contributed by atoms with Crippen LogP contribution in [-0.2, 0) is 6.42 Å². The van der Waals surface area contributed by atoms with Crippen LogP contribution in [0.25, 0.3) is 0 Å². The van der Waals surface area contributed by atoms with Gasteiger partial charge in [-0.05, 0) is 29.6 Å². The van der Waals surface area contributed by atoms with Gasteiger partial charge in [0.2, 0.25) is 6.79 Å². The normalized spacial score (nSPS) is 17.9. The van der Waals surface area contributed by atoms with Crippen LogP contribution in [-0.4, -0.2) is 30.0 Å². The molecule has 0 atom stereocenters. The first-order chi connectivity index (χ1) is 11.4. The highest BCUT2D eigenvalue weighted by Gasteiger charge is 2.18. The molecule has 1 aromatic carbocycles. The van der Waals surface area contributed by atoms with Gasteiger partial charge in [0.1, 0.15) is 0 Å². The molecule has 5 nitrogen and oxygen atoms in total. The van der Waals surface area contributed by atoms with E-state index in [0.717, 1.165) is 46.7 Å². The lowest BCUT2D eigenvalue weighted by Crippen LogP contribution is -2.25. The minimum absolute atomic E-state index is 0.291. The molecule has 0 radical (unpaired) electrons. The number of nitrogens with zero attached hydrogens (tertiary/aromatic N) is 2. The fraction of sp³-hybridized carbons (Fsp3) is 0.250. The third kappa shape index (κ3) is 3.35. The summed E-state index contributed by atoms with van der Waals surface area (Å²) in [6, 6.07) is 10.1. The van der Waals surface area contributed by atoms with Crippen molar-refractivity contribution in [3.63, 3.8) is 0 Å². The average molecular weight is 345 g/mol. The summed E-state index contributed by atoms with van der Waals surface area (Å²) >= 11 is 3.45. The lowest BCUT2D eigenvalue weighted by Gasteiger charge is -2.15. The fourth-order valence-electron chi connectivity index (χ4n) is 2.34. The Morgan fingerprint density at radius 1 is 1.22 bits per heavy atom. The van der Waals surface area contributed by atoms with Crippen LogP contribution in [0.4, 0.5) is 0 Å². The second-order valence-electron chi connectivity index (χ2n) is 5.04. The Morgan fingerprint density at radius 2 is 2.17 bits per heavy atom. The van der Waals surface area contributed by atoms with E-state index in [0.29, 0.717) is 6.79 Å². The molecule has 0 amide bonds. The van der Waals surface area contributed by atoms with Crippen LogP contribution in [0.2, 0.25) is 0 Å². The molecule has 1 aromatic heterocycles. The largest absolute Gasteiger partial charge is 0.454 e. The van der Waals surface area contributed by atoms with E-state index in [1.54, 1.807) is 23.1 Å². The standard InChI is InChI=1S/C16H15N3O2S2/c1-2-12(22-7-1)5-6-17-16-19-18-13(9-23-16)11-3-4-14-15(8-11)21-10-20-14/h1-4,7-8H,5-6,9-10H2,(H,17,19). The van der Waals surface area contributed by atoms with Crippen LogP contribution in [0.1, 0.15) is 10.4 Å². The topological polar surface area (TPSA) is 55.2 Å². The van der Waals surface area contributed by atoms with Crippen LogP contribution in [0.5, 0.6) is 11.5 Å². The highest BCUT2D eigenvalue weighted by Crippen LogP contribution is 2.33. The quantitative estimate of drug-likeness (QED) is 0.925. The van der Waals surface area contributed by atoms with Gasteiger partial charge < -0.3 is 9.47 Å². The number of hydrogen-bond donors (Lipinski definition) is 1. The number of benzene rings is 1. The molecular formula is C16H15N3O2S2. The monoisotopic (exact) mass is 345 g/mol. The van der Waals surface area contributed by atoms with Gasteiger partial charge in [-0.3, -0.25) is 10.4 Å². The summed E-state index contributed by atoms with van der Waals surface area (Å²) in [5.41, 5.74) is 5.09. The van der Waals surface area contributed by atoms with E-state index in [9.17, 15) is 0 Å². The van der Waals surface area contributed by atoms with Crippen molar-refractivity contribution in [2.45, 2.75) is 6.42 Å². The number of aliphatic imine (C=N–C) groups is 1. The number of nitrogens with one attached hydrogen (secondary N) is 1. The number of hydrogen-bond acceptors (Lipinski definition) is 6. The van der Waals surface area contributed by atoms with Gasteiger partial charge in [-0.25, -0.2) is 0 Å². The van der Waals surface area contributed by atoms with Crippen molar-refractivity contribution in [1.29, 1.82) is 0 Å². The van der Waals surface area contributed by atoms with Crippen LogP contribution < -0.4 is 14.9 Å². The number of thiophene rings is 1. The van der Waals surface area contributed by atoms with Gasteiger partial charge in [-0.1, -0.05) is 17.8 Å². The van der Waals surface area contributed by atoms with Gasteiger partial charge in [-0.15, -0.1) is 11.3 Å². The second-order valence-corrected chi connectivity index (χ2v) is 7.04. The summed E-state index contributed by atoms with van der Waals surface area (Å²) in [6.07, 6.45) is 0.974. The first kappa shape index (κ1) is 14.6. The number of rotatable bonds is 4. The van der Waals surface area contributed by atoms with Gasteiger partial charge in [0, 0.05) is 29.2 Å². The maximum absolute atomic E-state index is 5.41. The Kier molecular flexibility index (Phi) is 4.21. The SMILES string of the molecule is c1csc(CCN=C2NN=C(c3ccc4c(c3)OCO4)CS2)c1. The lowest BCUT2D eigenvalue weighted by molar-refractivity contribution is 0.174. The van der Waals surface area contributed by atoms with E-state index in [4.69, 9.17) is 9.47 Å². The molecule has 0 spiro atoms. The Labute approximate surface area is 142 Å². The number of amidine groups is 1. The van der Waals surface area contributed by atoms with Gasteiger partial charge in [0.05, 0.1) is 5.71 Å². The first-order valence-corrected chi connectivity index (χ1v) is 9.17. The first-order valence-electron chi connectivity index (χ1n) is 7.31. The predicted molar refractivity (Wildman–Crippen MR) is 95.0 cm³/mol. The van der Waals surface area contributed by atoms with Crippen molar-refractivity contribution in [2.75, 3.05) is 19.1 Å². The molecule has 0 saturated heterocycles. The molecule has 118 valence electrons. The van der Waals surface area contributed by atoms with Crippen molar-refractivity contribution in [3.8, 4) is 11.5 Å². The molecule has 0 aliphatic carbocycles. The molecule has 0 bridgehead atoms. The van der Waals surface area contributed by atoms with Crippen LogP contribution in [0, 0.1) is 0 Å². The van der Waals surface area contributed by atoms with E-state index in [1.807, 2.05) is 18.2 Å². The van der Waals surface area contributed by atoms with Crippen LogP contribution >= 0.6 is 23.1 Å². The predicted octanol–water partition coefficient (Wildman–Crippen LogP) is 3.12. The highest BCUT2D eigenvalue weighted by atomic mass is 32.2. The minimum atomic E-state index is 0.291. The third-order valence-corrected chi connectivity index (χ3v) is 5.38. The molecule has 0 unspecified atom stereocenters. The zero-order chi connectivity index (χ0) is 15.5. The van der Waals surface area contributed by atoms with Crippen molar-refractivity contribution in [1.82, 2.24) is 5.43 Å². The molecule has 23 heavy (non-hydrogen) atoms. The maximum atomic E-state index is 5.41. The lowest BCUT2D eigenvalue weighted by atomic mass is 10.1. The summed E-state index contributed by atoms with van der Waals surface area (Å²) in [4.78, 5) is 5.93. The Hall–Kier alpha value is -1.99. The Morgan fingerprint density at radius 3 is 3.00 bits per heavy atom. The smallest absolute Gasteiger partial charge is 0.231 e. The van der Waals surface area contributed by atoms with E-state index in [-0.39, 0.29) is 0 Å². The van der Waals surface area contributed by atoms with Gasteiger partial charge in [-0.2, -0.15) is 5.10 Å². The zero-order valence-corrected chi connectivity index (χ0v) is 14.0. The van der Waals surface area contributed by atoms with E-state index >= 15 is 0 Å². The fourth-order valence-corrected chi connectivity index (χ4v) is 3.84. The van der Waals surface area contributed by atoms with Crippen LogP contribution in [0.3, 0.4) is 0 Å². The van der Waals surface area contributed by atoms with E-state index in [1.165, 1.54) is 4.88 Å². The molecule has 1 N–H and O–H groups in total. The van der Waals surface area contributed by atoms with Gasteiger partial charge in [0.15, 0.2) is 16.7 Å². The van der Waals surface area contributed by atoms with Crippen molar-refractivity contribution >= 4 is 34.0 Å². The summed E-state index contributed by atoms with van der Waals surface area (Å²) < 4.78 is 10.7. The van der Waals surface area contributed by atoms with Crippen molar-refractivity contribution < 1.29 is 9.47 Å². The number of hydrazone groups is 1. The highest BCUT2D eigenvalue weighted by molar-refractivity contribution is 8.14. The molecule has 0 saturated carbocycles. The molecule has 2 aliphatic rings. The van der Waals surface area contributed by atoms with Gasteiger partial charge in [0.25, 0.3) is 0 Å².